The fraction of sp³-hybridized carbons (Fsp3) is 0.438. The molecule has 5 N–H and O–H groups in total. The van der Waals surface area contributed by atoms with Crippen LogP contribution in [0.4, 0.5) is 15.2 Å². The van der Waals surface area contributed by atoms with Crippen molar-refractivity contribution >= 4 is 98.0 Å². The summed E-state index contributed by atoms with van der Waals surface area (Å²) in [7, 11) is 0. The molecule has 0 bridgehead atoms. The van der Waals surface area contributed by atoms with E-state index in [0.717, 1.165) is 25.1 Å². The van der Waals surface area contributed by atoms with Crippen LogP contribution in [-0.2, 0) is 30.6 Å². The number of Topliss-reactive ketones (excluding diaryl/α,β-unsaturated/α-hetero) is 1. The number of thioether (sulfide) groups is 2. The number of aromatic nitrogens is 1. The predicted octanol–water partition coefficient (Wildman–Crippen LogP) is 1.43. The lowest BCUT2D eigenvalue weighted by Gasteiger charge is -2.49. The number of carboxylic acids is 2. The number of rotatable bonds is 11. The van der Waals surface area contributed by atoms with Gasteiger partial charge in [-0.25, -0.2) is 19.0 Å². The average molecular weight is 805 g/mol. The van der Waals surface area contributed by atoms with Crippen molar-refractivity contribution in [2.45, 2.75) is 42.4 Å². The minimum absolute atomic E-state index is 0.00360. The summed E-state index contributed by atoms with van der Waals surface area (Å²) >= 11 is 9.48. The molecule has 3 fully saturated rings. The highest BCUT2D eigenvalue weighted by Gasteiger charge is 2.58. The van der Waals surface area contributed by atoms with Gasteiger partial charge in [-0.3, -0.25) is 24.2 Å². The van der Waals surface area contributed by atoms with Crippen molar-refractivity contribution in [2.75, 3.05) is 54.9 Å². The molecule has 0 spiro atoms. The maximum Gasteiger partial charge on any atom is 0.352 e. The lowest BCUT2D eigenvalue weighted by molar-refractivity contribution is -0.150. The molecule has 4 aliphatic heterocycles. The molecule has 53 heavy (non-hydrogen) atoms. The number of hydrogen-bond acceptors (Lipinski definition) is 15. The van der Waals surface area contributed by atoms with Crippen molar-refractivity contribution in [1.82, 2.24) is 25.0 Å². The van der Waals surface area contributed by atoms with Crippen LogP contribution in [0.25, 0.3) is 0 Å². The Morgan fingerprint density at radius 3 is 2.62 bits per heavy atom. The average Bonchev–Trinajstić information content (AvgIpc) is 3.91. The van der Waals surface area contributed by atoms with E-state index in [-0.39, 0.29) is 55.0 Å². The van der Waals surface area contributed by atoms with Crippen molar-refractivity contribution in [3.63, 3.8) is 0 Å². The van der Waals surface area contributed by atoms with Gasteiger partial charge in [-0.05, 0) is 36.6 Å². The molecule has 16 nitrogen and oxygen atoms in total. The number of ketones is 1. The highest BCUT2D eigenvalue weighted by atomic mass is 32.2. The third-order valence-corrected chi connectivity index (χ3v) is 13.3. The number of nitrogens with one attached hydrogen (secondary N) is 1. The van der Waals surface area contributed by atoms with Crippen LogP contribution in [0.5, 0.6) is 0 Å². The number of nitrogens with two attached hydrogens (primary N) is 1. The lowest BCUT2D eigenvalue weighted by atomic mass is 9.81. The molecule has 7 rings (SSSR count). The first-order valence-corrected chi connectivity index (χ1v) is 19.8. The topological polar surface area (TPSA) is 211 Å². The summed E-state index contributed by atoms with van der Waals surface area (Å²) < 4.78 is 14.8. The van der Waals surface area contributed by atoms with Crippen LogP contribution >= 0.6 is 47.1 Å². The molecular formula is C32H33FN8O8S4. The van der Waals surface area contributed by atoms with E-state index in [2.05, 4.69) is 15.5 Å². The number of oxime groups is 1. The Hall–Kier alpha value is -4.31. The van der Waals surface area contributed by atoms with Crippen LogP contribution in [0.3, 0.4) is 0 Å². The molecule has 1 aromatic heterocycles. The van der Waals surface area contributed by atoms with E-state index in [4.69, 9.17) is 22.8 Å². The van der Waals surface area contributed by atoms with Crippen LogP contribution in [0.1, 0.15) is 28.9 Å². The second-order valence-electron chi connectivity index (χ2n) is 12.9. The number of nitrogens with zero attached hydrogens (tertiary/aromatic N) is 6. The Morgan fingerprint density at radius 2 is 1.96 bits per heavy atom. The molecule has 2 amide bonds. The van der Waals surface area contributed by atoms with Crippen molar-refractivity contribution < 1.29 is 43.4 Å². The smallest absolute Gasteiger partial charge is 0.352 e. The third kappa shape index (κ3) is 7.07. The molecule has 0 radical (unpaired) electrons. The van der Waals surface area contributed by atoms with Gasteiger partial charge in [-0.15, -0.1) is 23.1 Å². The van der Waals surface area contributed by atoms with E-state index in [9.17, 15) is 38.6 Å². The number of hydrogen-bond donors (Lipinski definition) is 4. The number of benzene rings is 1. The van der Waals surface area contributed by atoms with Gasteiger partial charge in [-0.2, -0.15) is 0 Å². The molecule has 1 aromatic carbocycles. The number of carboxylic acid groups (broad SMARTS) is 2. The second-order valence-corrected chi connectivity index (χ2v) is 16.5. The van der Waals surface area contributed by atoms with E-state index in [0.29, 0.717) is 39.5 Å². The predicted molar refractivity (Wildman–Crippen MR) is 199 cm³/mol. The quantitative estimate of drug-likeness (QED) is 0.0832. The van der Waals surface area contributed by atoms with Gasteiger partial charge in [0.15, 0.2) is 17.5 Å². The maximum absolute atomic E-state index is 14.3. The molecule has 1 saturated carbocycles. The lowest BCUT2D eigenvalue weighted by Crippen LogP contribution is -2.71. The number of fused-ring (bicyclic) bond motifs is 2. The van der Waals surface area contributed by atoms with E-state index in [1.54, 1.807) is 16.3 Å². The Labute approximate surface area is 319 Å². The third-order valence-electron chi connectivity index (χ3n) is 9.65. The molecule has 2 aromatic rings. The first kappa shape index (κ1) is 37.0. The van der Waals surface area contributed by atoms with Crippen molar-refractivity contribution in [3.05, 3.63) is 51.9 Å². The van der Waals surface area contributed by atoms with Gasteiger partial charge < -0.3 is 35.9 Å². The number of carbonyl (C=O) groups is 5. The molecule has 5 aliphatic rings. The number of amides is 2. The highest BCUT2D eigenvalue weighted by molar-refractivity contribution is 8.23. The largest absolute Gasteiger partial charge is 0.479 e. The number of β-lactam (4-membered cyclic amide) rings is 1. The van der Waals surface area contributed by atoms with Gasteiger partial charge in [0.25, 0.3) is 11.8 Å². The van der Waals surface area contributed by atoms with Crippen molar-refractivity contribution in [2.24, 2.45) is 5.16 Å². The van der Waals surface area contributed by atoms with Gasteiger partial charge in [0.1, 0.15) is 33.5 Å². The Kier molecular flexibility index (Phi) is 10.4. The summed E-state index contributed by atoms with van der Waals surface area (Å²) in [6.45, 7) is 0.999. The number of halogens is 1. The fourth-order valence-electron chi connectivity index (χ4n) is 6.90. The van der Waals surface area contributed by atoms with Gasteiger partial charge >= 0.3 is 11.9 Å². The minimum atomic E-state index is -1.89. The number of anilines is 2. The maximum atomic E-state index is 14.3. The van der Waals surface area contributed by atoms with Crippen LogP contribution in [0, 0.1) is 5.82 Å². The molecule has 3 unspecified atom stereocenters. The highest BCUT2D eigenvalue weighted by Crippen LogP contribution is 2.43. The summed E-state index contributed by atoms with van der Waals surface area (Å²) in [6.07, 6.45) is 2.60. The van der Waals surface area contributed by atoms with Crippen molar-refractivity contribution in [1.29, 1.82) is 0 Å². The van der Waals surface area contributed by atoms with Crippen molar-refractivity contribution in [3.8, 4) is 0 Å². The molecule has 2 saturated heterocycles. The van der Waals surface area contributed by atoms with Crippen LogP contribution in [-0.4, -0.2) is 137 Å². The zero-order chi connectivity index (χ0) is 37.6. The van der Waals surface area contributed by atoms with Gasteiger partial charge in [0, 0.05) is 60.4 Å². The van der Waals surface area contributed by atoms with E-state index >= 15 is 0 Å². The van der Waals surface area contributed by atoms with E-state index in [1.807, 2.05) is 9.80 Å². The van der Waals surface area contributed by atoms with Gasteiger partial charge in [0.2, 0.25) is 5.54 Å². The van der Waals surface area contributed by atoms with Crippen LogP contribution < -0.4 is 16.0 Å². The number of piperazine rings is 1. The van der Waals surface area contributed by atoms with Crippen LogP contribution in [0.2, 0.25) is 0 Å². The number of nitrogen functional groups attached to an aromatic ring is 1. The van der Waals surface area contributed by atoms with E-state index in [1.165, 1.54) is 45.8 Å². The molecule has 1 aliphatic carbocycles. The Bertz CT molecular complexity index is 1950. The normalized spacial score (nSPS) is 24.5. The standard InChI is InChI=1S/C32H33FN8O8S4/c33-17-1-4-21-20(9-17)25(43)32(29(47)48,15-40(21)19-2-3-19)39-7-5-38(6-8-39)31(50)53-13-16-12-51-27-23(26(44)41(27)24(16)28(45)46)37-22(42)10-35-49-11-18-14-52-30(34)36-18/h1,4,9-10,14,19,23,27H,2-3,5-8,11-13,15H2,(H2,34,36)(H,37,42)(H,45,46)(H,47,48). The number of aliphatic carboxylic acids is 2. The zero-order valence-corrected chi connectivity index (χ0v) is 31.1. The first-order chi connectivity index (χ1) is 25.4. The first-order valence-electron chi connectivity index (χ1n) is 16.5. The number of carbonyl (C=O) groups excluding carboxylic acids is 3. The summed E-state index contributed by atoms with van der Waals surface area (Å²) in [4.78, 5) is 80.3. The number of thiazole rings is 1. The Morgan fingerprint density at radius 1 is 1.21 bits per heavy atom. The molecule has 21 heteroatoms. The van der Waals surface area contributed by atoms with Gasteiger partial charge in [-0.1, -0.05) is 29.1 Å². The fourth-order valence-corrected chi connectivity index (χ4v) is 10.2. The monoisotopic (exact) mass is 804 g/mol. The summed E-state index contributed by atoms with van der Waals surface area (Å²) in [5, 5.41) is 28.2. The number of thiocarbonyl (C=S) groups is 1. The van der Waals surface area contributed by atoms with E-state index < -0.39 is 52.3 Å². The molecule has 5 heterocycles. The second kappa shape index (κ2) is 14.8. The molecule has 280 valence electrons. The molecule has 3 atom stereocenters. The summed E-state index contributed by atoms with van der Waals surface area (Å²) in [6, 6.07) is 3.09. The van der Waals surface area contributed by atoms with Crippen LogP contribution in [0.15, 0.2) is 40.0 Å². The molecular weight excluding hydrogens is 772 g/mol. The summed E-state index contributed by atoms with van der Waals surface area (Å²) in [5.74, 6) is -4.60. The summed E-state index contributed by atoms with van der Waals surface area (Å²) in [5.41, 5.74) is 5.18. The Balaban J connectivity index is 0.946. The van der Waals surface area contributed by atoms with Gasteiger partial charge in [0.05, 0.1) is 12.2 Å². The minimum Gasteiger partial charge on any atom is -0.479 e. The SMILES string of the molecule is Nc1nc(CON=CC(=O)NC2C(=O)N3C(C(=O)O)=C(CSC(=S)N4CCN(C5(C(=O)O)CN(C6CC6)c6ccc(F)cc6C5=O)CC4)CSC23)cs1. The zero-order valence-electron chi connectivity index (χ0n) is 27.8.